The molecule has 1 N–H and O–H groups in total. The van der Waals surface area contributed by atoms with Crippen LogP contribution in [0.1, 0.15) is 34.8 Å². The zero-order chi connectivity index (χ0) is 16.6. The minimum absolute atomic E-state index is 0.222. The number of nitrogens with zero attached hydrogens (tertiary/aromatic N) is 2. The van der Waals surface area contributed by atoms with Gasteiger partial charge >= 0.3 is 5.97 Å². The molecule has 0 unspecified atom stereocenters. The van der Waals surface area contributed by atoms with Crippen molar-refractivity contribution in [3.8, 4) is 17.2 Å². The summed E-state index contributed by atoms with van der Waals surface area (Å²) in [6.07, 6.45) is 1.91. The van der Waals surface area contributed by atoms with Crippen LogP contribution in [0.2, 0.25) is 0 Å². The lowest BCUT2D eigenvalue weighted by Gasteiger charge is -2.12. The van der Waals surface area contributed by atoms with E-state index in [0.717, 1.165) is 17.5 Å². The van der Waals surface area contributed by atoms with Crippen molar-refractivity contribution in [2.24, 2.45) is 0 Å². The molecule has 7 nitrogen and oxygen atoms in total. The Morgan fingerprint density at radius 1 is 1.22 bits per heavy atom. The number of rotatable bonds is 5. The van der Waals surface area contributed by atoms with E-state index in [2.05, 4.69) is 5.10 Å². The van der Waals surface area contributed by atoms with Crippen molar-refractivity contribution in [3.05, 3.63) is 45.9 Å². The molecule has 3 rings (SSSR count). The molecule has 1 saturated carbocycles. The lowest BCUT2D eigenvalue weighted by Crippen LogP contribution is -2.28. The van der Waals surface area contributed by atoms with Crippen molar-refractivity contribution in [1.29, 1.82) is 0 Å². The van der Waals surface area contributed by atoms with Crippen LogP contribution in [-0.2, 0) is 0 Å². The SMILES string of the molecule is COc1ccc(-n2nc(C3CC3)cc(C(=O)O)c2=O)cc1OC. The summed E-state index contributed by atoms with van der Waals surface area (Å²) in [4.78, 5) is 23.7. The highest BCUT2D eigenvalue weighted by atomic mass is 16.5. The number of carboxylic acids is 1. The van der Waals surface area contributed by atoms with Gasteiger partial charge in [-0.1, -0.05) is 0 Å². The maximum atomic E-state index is 12.4. The van der Waals surface area contributed by atoms with Crippen LogP contribution in [0.3, 0.4) is 0 Å². The average Bonchev–Trinajstić information content (AvgIpc) is 3.39. The predicted molar refractivity (Wildman–Crippen MR) is 81.9 cm³/mol. The van der Waals surface area contributed by atoms with Gasteiger partial charge in [-0.05, 0) is 31.0 Å². The summed E-state index contributed by atoms with van der Waals surface area (Å²) < 4.78 is 11.5. The van der Waals surface area contributed by atoms with Crippen LogP contribution in [0.5, 0.6) is 11.5 Å². The van der Waals surface area contributed by atoms with Gasteiger partial charge < -0.3 is 14.6 Å². The highest BCUT2D eigenvalue weighted by Crippen LogP contribution is 2.39. The number of benzene rings is 1. The third-order valence-electron chi connectivity index (χ3n) is 3.77. The van der Waals surface area contributed by atoms with Gasteiger partial charge in [0.1, 0.15) is 5.56 Å². The quantitative estimate of drug-likeness (QED) is 0.905. The van der Waals surface area contributed by atoms with Gasteiger partial charge in [-0.3, -0.25) is 4.79 Å². The van der Waals surface area contributed by atoms with Gasteiger partial charge in [0.15, 0.2) is 11.5 Å². The van der Waals surface area contributed by atoms with Gasteiger partial charge in [0.05, 0.1) is 25.6 Å². The summed E-state index contributed by atoms with van der Waals surface area (Å²) in [7, 11) is 3.00. The lowest BCUT2D eigenvalue weighted by atomic mass is 10.2. The van der Waals surface area contributed by atoms with Gasteiger partial charge in [0.25, 0.3) is 5.56 Å². The highest BCUT2D eigenvalue weighted by molar-refractivity contribution is 5.87. The largest absolute Gasteiger partial charge is 0.493 e. The van der Waals surface area contributed by atoms with E-state index in [4.69, 9.17) is 9.47 Å². The van der Waals surface area contributed by atoms with E-state index in [1.807, 2.05) is 0 Å². The molecular formula is C16H16N2O5. The number of aromatic carboxylic acids is 1. The second-order valence-corrected chi connectivity index (χ2v) is 5.32. The summed E-state index contributed by atoms with van der Waals surface area (Å²) in [5.41, 5.74) is 0.0974. The normalized spacial score (nSPS) is 13.7. The van der Waals surface area contributed by atoms with Crippen molar-refractivity contribution in [2.75, 3.05) is 14.2 Å². The maximum Gasteiger partial charge on any atom is 0.341 e. The maximum absolute atomic E-state index is 12.4. The first kappa shape index (κ1) is 15.1. The monoisotopic (exact) mass is 316 g/mol. The van der Waals surface area contributed by atoms with Crippen LogP contribution < -0.4 is 15.0 Å². The van der Waals surface area contributed by atoms with E-state index in [1.165, 1.54) is 20.3 Å². The van der Waals surface area contributed by atoms with Crippen molar-refractivity contribution in [2.45, 2.75) is 18.8 Å². The van der Waals surface area contributed by atoms with Crippen LogP contribution in [0.4, 0.5) is 0 Å². The van der Waals surface area contributed by atoms with Crippen LogP contribution in [-0.4, -0.2) is 35.1 Å². The minimum atomic E-state index is -1.26. The topological polar surface area (TPSA) is 90.7 Å². The van der Waals surface area contributed by atoms with E-state index in [1.54, 1.807) is 18.2 Å². The standard InChI is InChI=1S/C16H16N2O5/c1-22-13-6-5-10(7-14(13)23-2)18-15(19)11(16(20)21)8-12(17-18)9-3-4-9/h5-9H,3-4H2,1-2H3,(H,20,21). The molecule has 120 valence electrons. The number of carbonyl (C=O) groups is 1. The summed E-state index contributed by atoms with van der Waals surface area (Å²) in [6, 6.07) is 6.25. The molecule has 0 amide bonds. The van der Waals surface area contributed by atoms with Gasteiger partial charge in [-0.2, -0.15) is 9.78 Å². The number of methoxy groups -OCH3 is 2. The van der Waals surface area contributed by atoms with Crippen LogP contribution in [0, 0.1) is 0 Å². The average molecular weight is 316 g/mol. The molecule has 0 atom stereocenters. The van der Waals surface area contributed by atoms with Crippen LogP contribution >= 0.6 is 0 Å². The summed E-state index contributed by atoms with van der Waals surface area (Å²) in [5, 5.41) is 13.6. The second kappa shape index (κ2) is 5.75. The Balaban J connectivity index is 2.19. The van der Waals surface area contributed by atoms with Crippen molar-refractivity contribution < 1.29 is 19.4 Å². The summed E-state index contributed by atoms with van der Waals surface area (Å²) in [6.45, 7) is 0. The molecule has 1 fully saturated rings. The first-order valence-corrected chi connectivity index (χ1v) is 7.15. The zero-order valence-electron chi connectivity index (χ0n) is 12.8. The number of hydrogen-bond acceptors (Lipinski definition) is 5. The molecule has 0 aliphatic heterocycles. The Kier molecular flexibility index (Phi) is 3.77. The molecule has 1 aromatic carbocycles. The van der Waals surface area contributed by atoms with E-state index in [-0.39, 0.29) is 11.5 Å². The fraction of sp³-hybridized carbons (Fsp3) is 0.312. The van der Waals surface area contributed by atoms with E-state index >= 15 is 0 Å². The minimum Gasteiger partial charge on any atom is -0.493 e. The number of aromatic nitrogens is 2. The van der Waals surface area contributed by atoms with Crippen LogP contribution in [0.25, 0.3) is 5.69 Å². The van der Waals surface area contributed by atoms with Gasteiger partial charge in [-0.15, -0.1) is 0 Å². The molecule has 0 bridgehead atoms. The van der Waals surface area contributed by atoms with Crippen molar-refractivity contribution >= 4 is 5.97 Å². The number of carboxylic acid groups (broad SMARTS) is 1. The van der Waals surface area contributed by atoms with Crippen molar-refractivity contribution in [1.82, 2.24) is 9.78 Å². The second-order valence-electron chi connectivity index (χ2n) is 5.32. The fourth-order valence-corrected chi connectivity index (χ4v) is 2.38. The molecule has 23 heavy (non-hydrogen) atoms. The summed E-state index contributed by atoms with van der Waals surface area (Å²) >= 11 is 0. The van der Waals surface area contributed by atoms with Gasteiger partial charge in [0, 0.05) is 12.0 Å². The molecule has 2 aromatic rings. The Bertz CT molecular complexity index is 824. The molecule has 1 heterocycles. The molecule has 7 heteroatoms. The molecule has 1 aliphatic rings. The van der Waals surface area contributed by atoms with E-state index in [0.29, 0.717) is 22.9 Å². The molecule has 0 saturated heterocycles. The molecular weight excluding hydrogens is 300 g/mol. The first-order valence-electron chi connectivity index (χ1n) is 7.15. The number of ether oxygens (including phenoxy) is 2. The first-order chi connectivity index (χ1) is 11.0. The Labute approximate surface area is 132 Å². The summed E-state index contributed by atoms with van der Waals surface area (Å²) in [5.74, 6) is -0.0814. The van der Waals surface area contributed by atoms with Crippen LogP contribution in [0.15, 0.2) is 29.1 Å². The van der Waals surface area contributed by atoms with E-state index < -0.39 is 11.5 Å². The Morgan fingerprint density at radius 2 is 1.91 bits per heavy atom. The zero-order valence-corrected chi connectivity index (χ0v) is 12.8. The molecule has 1 aliphatic carbocycles. The fourth-order valence-electron chi connectivity index (χ4n) is 2.38. The molecule has 0 spiro atoms. The predicted octanol–water partition coefficient (Wildman–Crippen LogP) is 1.83. The Morgan fingerprint density at radius 3 is 2.48 bits per heavy atom. The smallest absolute Gasteiger partial charge is 0.341 e. The van der Waals surface area contributed by atoms with Gasteiger partial charge in [0.2, 0.25) is 0 Å². The third kappa shape index (κ3) is 2.77. The Hall–Kier alpha value is -2.83. The van der Waals surface area contributed by atoms with Gasteiger partial charge in [-0.25, -0.2) is 4.79 Å². The molecule has 0 radical (unpaired) electrons. The third-order valence-corrected chi connectivity index (χ3v) is 3.77. The highest BCUT2D eigenvalue weighted by Gasteiger charge is 2.28. The lowest BCUT2D eigenvalue weighted by molar-refractivity contribution is 0.0694. The molecule has 1 aromatic heterocycles. The van der Waals surface area contributed by atoms with E-state index in [9.17, 15) is 14.7 Å². The number of hydrogen-bond donors (Lipinski definition) is 1. The van der Waals surface area contributed by atoms with Crippen molar-refractivity contribution in [3.63, 3.8) is 0 Å².